The zero-order chi connectivity index (χ0) is 23.3. The number of nitrogens with two attached hydrogens (primary N) is 1. The molecular formula is C23H27N5O3S. The SMILES string of the molecule is Cc1cccc(C)c1OCc1nnc(SC(C(=O)NC(N)=O)C(C)C)n1-c1ccccc1. The highest BCUT2D eigenvalue weighted by molar-refractivity contribution is 8.00. The molecule has 3 rings (SSSR count). The summed E-state index contributed by atoms with van der Waals surface area (Å²) in [6.45, 7) is 7.99. The lowest BCUT2D eigenvalue weighted by Gasteiger charge is -2.19. The van der Waals surface area contributed by atoms with Crippen molar-refractivity contribution in [3.05, 3.63) is 65.5 Å². The van der Waals surface area contributed by atoms with Crippen molar-refractivity contribution in [2.24, 2.45) is 11.7 Å². The zero-order valence-corrected chi connectivity index (χ0v) is 19.3. The molecule has 8 nitrogen and oxygen atoms in total. The van der Waals surface area contributed by atoms with Crippen LogP contribution in [0.4, 0.5) is 4.79 Å². The van der Waals surface area contributed by atoms with Gasteiger partial charge in [0.05, 0.1) is 5.25 Å². The number of carbonyl (C=O) groups is 2. The van der Waals surface area contributed by atoms with Gasteiger partial charge in [-0.05, 0) is 43.0 Å². The summed E-state index contributed by atoms with van der Waals surface area (Å²) >= 11 is 1.23. The van der Waals surface area contributed by atoms with Crippen LogP contribution in [0.1, 0.15) is 30.8 Å². The van der Waals surface area contributed by atoms with Crippen LogP contribution < -0.4 is 15.8 Å². The molecule has 0 radical (unpaired) electrons. The number of nitrogens with zero attached hydrogens (tertiary/aromatic N) is 3. The summed E-state index contributed by atoms with van der Waals surface area (Å²) < 4.78 is 7.97. The van der Waals surface area contributed by atoms with E-state index in [-0.39, 0.29) is 12.5 Å². The zero-order valence-electron chi connectivity index (χ0n) is 18.5. The maximum absolute atomic E-state index is 12.5. The Morgan fingerprint density at radius 1 is 1.06 bits per heavy atom. The van der Waals surface area contributed by atoms with Crippen LogP contribution in [0, 0.1) is 19.8 Å². The lowest BCUT2D eigenvalue weighted by atomic mass is 10.1. The smallest absolute Gasteiger partial charge is 0.318 e. The second kappa shape index (κ2) is 10.3. The van der Waals surface area contributed by atoms with Crippen LogP contribution in [-0.2, 0) is 11.4 Å². The van der Waals surface area contributed by atoms with Gasteiger partial charge in [0.1, 0.15) is 12.4 Å². The number of rotatable bonds is 8. The second-order valence-corrected chi connectivity index (χ2v) is 8.82. The van der Waals surface area contributed by atoms with Crippen molar-refractivity contribution in [1.82, 2.24) is 20.1 Å². The lowest BCUT2D eigenvalue weighted by Crippen LogP contribution is -2.42. The molecule has 3 N–H and O–H groups in total. The van der Waals surface area contributed by atoms with E-state index < -0.39 is 17.2 Å². The van der Waals surface area contributed by atoms with Gasteiger partial charge in [0.25, 0.3) is 0 Å². The summed E-state index contributed by atoms with van der Waals surface area (Å²) in [5.41, 5.74) is 8.06. The Morgan fingerprint density at radius 2 is 1.72 bits per heavy atom. The molecule has 1 atom stereocenters. The Balaban J connectivity index is 1.94. The lowest BCUT2D eigenvalue weighted by molar-refractivity contribution is -0.120. The topological polar surface area (TPSA) is 112 Å². The highest BCUT2D eigenvalue weighted by Gasteiger charge is 2.28. The Kier molecular flexibility index (Phi) is 7.53. The molecule has 3 aromatic rings. The maximum atomic E-state index is 12.5. The summed E-state index contributed by atoms with van der Waals surface area (Å²) in [6, 6.07) is 14.7. The number of aromatic nitrogens is 3. The fourth-order valence-electron chi connectivity index (χ4n) is 3.27. The molecule has 0 spiro atoms. The molecule has 0 fully saturated rings. The molecule has 9 heteroatoms. The third-order valence-corrected chi connectivity index (χ3v) is 6.30. The molecule has 3 amide bonds. The normalized spacial score (nSPS) is 11.9. The Labute approximate surface area is 191 Å². The number of imide groups is 1. The van der Waals surface area contributed by atoms with Crippen molar-refractivity contribution in [3.63, 3.8) is 0 Å². The van der Waals surface area contributed by atoms with E-state index in [9.17, 15) is 9.59 Å². The van der Waals surface area contributed by atoms with Crippen LogP contribution in [0.25, 0.3) is 5.69 Å². The average Bonchev–Trinajstić information content (AvgIpc) is 3.14. The maximum Gasteiger partial charge on any atom is 0.318 e. The number of hydrogen-bond donors (Lipinski definition) is 2. The highest BCUT2D eigenvalue weighted by Crippen LogP contribution is 2.30. The molecule has 0 aliphatic rings. The number of nitrogens with one attached hydrogen (secondary N) is 1. The molecule has 0 saturated carbocycles. The first-order chi connectivity index (χ1) is 15.3. The van der Waals surface area contributed by atoms with E-state index in [1.807, 2.05) is 80.8 Å². The van der Waals surface area contributed by atoms with Crippen LogP contribution in [0.3, 0.4) is 0 Å². The van der Waals surface area contributed by atoms with Gasteiger partial charge < -0.3 is 10.5 Å². The monoisotopic (exact) mass is 453 g/mol. The average molecular weight is 454 g/mol. The first-order valence-corrected chi connectivity index (χ1v) is 11.1. The van der Waals surface area contributed by atoms with Crippen LogP contribution in [0.15, 0.2) is 53.7 Å². The summed E-state index contributed by atoms with van der Waals surface area (Å²) in [5.74, 6) is 0.868. The van der Waals surface area contributed by atoms with Gasteiger partial charge in [-0.3, -0.25) is 14.7 Å². The van der Waals surface area contributed by atoms with Gasteiger partial charge in [-0.25, -0.2) is 4.79 Å². The van der Waals surface area contributed by atoms with Crippen molar-refractivity contribution in [2.75, 3.05) is 0 Å². The molecule has 0 bridgehead atoms. The van der Waals surface area contributed by atoms with Gasteiger partial charge in [-0.1, -0.05) is 62.0 Å². The minimum Gasteiger partial charge on any atom is -0.485 e. The summed E-state index contributed by atoms with van der Waals surface area (Å²) in [5, 5.41) is 10.8. The summed E-state index contributed by atoms with van der Waals surface area (Å²) in [4.78, 5) is 23.7. The van der Waals surface area contributed by atoms with E-state index in [1.165, 1.54) is 11.8 Å². The highest BCUT2D eigenvalue weighted by atomic mass is 32.2. The third kappa shape index (κ3) is 5.47. The van der Waals surface area contributed by atoms with Gasteiger partial charge >= 0.3 is 6.03 Å². The third-order valence-electron chi connectivity index (χ3n) is 4.81. The molecule has 0 saturated heterocycles. The van der Waals surface area contributed by atoms with Crippen LogP contribution in [0.5, 0.6) is 5.75 Å². The Morgan fingerprint density at radius 3 is 2.31 bits per heavy atom. The van der Waals surface area contributed by atoms with Gasteiger partial charge in [-0.2, -0.15) is 0 Å². The number of hydrogen-bond acceptors (Lipinski definition) is 6. The van der Waals surface area contributed by atoms with Crippen molar-refractivity contribution < 1.29 is 14.3 Å². The predicted octanol–water partition coefficient (Wildman–Crippen LogP) is 3.77. The Bertz CT molecular complexity index is 1080. The largest absolute Gasteiger partial charge is 0.485 e. The van der Waals surface area contributed by atoms with E-state index in [0.717, 1.165) is 22.6 Å². The van der Waals surface area contributed by atoms with Crippen molar-refractivity contribution in [1.29, 1.82) is 0 Å². The minimum atomic E-state index is -0.881. The summed E-state index contributed by atoms with van der Waals surface area (Å²) in [6.07, 6.45) is 0. The number of amides is 3. The van der Waals surface area contributed by atoms with E-state index in [1.54, 1.807) is 0 Å². The first-order valence-electron chi connectivity index (χ1n) is 10.2. The van der Waals surface area contributed by atoms with Gasteiger partial charge in [-0.15, -0.1) is 10.2 Å². The van der Waals surface area contributed by atoms with Crippen molar-refractivity contribution in [3.8, 4) is 11.4 Å². The van der Waals surface area contributed by atoms with Crippen molar-refractivity contribution in [2.45, 2.75) is 44.7 Å². The van der Waals surface area contributed by atoms with E-state index in [2.05, 4.69) is 15.5 Å². The fraction of sp³-hybridized carbons (Fsp3) is 0.304. The number of thioether (sulfide) groups is 1. The van der Waals surface area contributed by atoms with Gasteiger partial charge in [0.2, 0.25) is 5.91 Å². The number of primary amides is 1. The molecule has 0 aliphatic carbocycles. The quantitative estimate of drug-likeness (QED) is 0.502. The van der Waals surface area contributed by atoms with E-state index >= 15 is 0 Å². The van der Waals surface area contributed by atoms with Crippen LogP contribution >= 0.6 is 11.8 Å². The first kappa shape index (κ1) is 23.3. The molecular weight excluding hydrogens is 426 g/mol. The second-order valence-electron chi connectivity index (χ2n) is 7.72. The molecule has 168 valence electrons. The number of ether oxygens (including phenoxy) is 1. The number of carbonyl (C=O) groups excluding carboxylic acids is 2. The fourth-order valence-corrected chi connectivity index (χ4v) is 4.34. The number of aryl methyl sites for hydroxylation is 2. The number of urea groups is 1. The predicted molar refractivity (Wildman–Crippen MR) is 124 cm³/mol. The summed E-state index contributed by atoms with van der Waals surface area (Å²) in [7, 11) is 0. The standard InChI is InChI=1S/C23H27N5O3S/c1-14(2)20(21(29)25-22(24)30)32-23-27-26-18(28(23)17-11-6-5-7-12-17)13-31-19-15(3)9-8-10-16(19)4/h5-12,14,20H,13H2,1-4H3,(H3,24,25,29,30). The van der Waals surface area contributed by atoms with E-state index in [4.69, 9.17) is 10.5 Å². The van der Waals surface area contributed by atoms with Crippen LogP contribution in [-0.4, -0.2) is 32.0 Å². The molecule has 1 aromatic heterocycles. The van der Waals surface area contributed by atoms with Gasteiger partial charge in [0.15, 0.2) is 11.0 Å². The molecule has 1 unspecified atom stereocenters. The number of para-hydroxylation sites is 2. The van der Waals surface area contributed by atoms with E-state index in [0.29, 0.717) is 11.0 Å². The molecule has 2 aromatic carbocycles. The van der Waals surface area contributed by atoms with Crippen molar-refractivity contribution >= 4 is 23.7 Å². The number of benzene rings is 2. The molecule has 1 heterocycles. The minimum absolute atomic E-state index is 0.0745. The Hall–Kier alpha value is -3.33. The molecule has 0 aliphatic heterocycles. The van der Waals surface area contributed by atoms with Gasteiger partial charge in [0, 0.05) is 5.69 Å². The molecule has 32 heavy (non-hydrogen) atoms. The van der Waals surface area contributed by atoms with Crippen LogP contribution in [0.2, 0.25) is 0 Å².